The Bertz CT molecular complexity index is 1130. The Morgan fingerprint density at radius 2 is 1.47 bits per heavy atom. The molecular weight excluding hydrogens is 430 g/mol. The van der Waals surface area contributed by atoms with Crippen molar-refractivity contribution in [1.29, 1.82) is 0 Å². The minimum atomic E-state index is -0.489. The lowest BCUT2D eigenvalue weighted by molar-refractivity contribution is -0.384. The monoisotopic (exact) mass is 463 g/mol. The van der Waals surface area contributed by atoms with Gasteiger partial charge in [-0.15, -0.1) is 0 Å². The molecule has 1 heterocycles. The Morgan fingerprint density at radius 3 is 2.06 bits per heavy atom. The summed E-state index contributed by atoms with van der Waals surface area (Å²) in [5.41, 5.74) is 1.31. The molecule has 3 aromatic rings. The second kappa shape index (κ2) is 12.7. The average molecular weight is 464 g/mol. The van der Waals surface area contributed by atoms with E-state index in [1.165, 1.54) is 67.5 Å². The lowest BCUT2D eigenvalue weighted by Crippen LogP contribution is -2.20. The van der Waals surface area contributed by atoms with E-state index in [4.69, 9.17) is 0 Å². The number of nitro benzene ring substituents is 1. The topological polar surface area (TPSA) is 98.0 Å². The maximum Gasteiger partial charge on any atom is 0.282 e. The number of non-ortho nitro benzene ring substituents is 1. The number of ketones is 1. The number of aromatic amines is 1. The number of benzene rings is 2. The molecule has 0 fully saturated rings. The highest BCUT2D eigenvalue weighted by Gasteiger charge is 2.22. The molecule has 0 spiro atoms. The summed E-state index contributed by atoms with van der Waals surface area (Å²) in [5, 5.41) is 14.0. The molecule has 180 valence electrons. The number of unbranched alkanes of at least 4 members (excludes halogenated alkanes) is 8. The third-order valence-electron chi connectivity index (χ3n) is 6.06. The fourth-order valence-electron chi connectivity index (χ4n) is 4.14. The van der Waals surface area contributed by atoms with Crippen molar-refractivity contribution in [2.45, 2.75) is 71.1 Å². The van der Waals surface area contributed by atoms with Crippen LogP contribution in [0.5, 0.6) is 0 Å². The number of nitro groups is 1. The molecule has 0 aliphatic heterocycles. The largest absolute Gasteiger partial charge is 0.294 e. The fourth-order valence-corrected chi connectivity index (χ4v) is 4.14. The molecule has 7 nitrogen and oxygen atoms in total. The number of nitrogens with zero attached hydrogens (tertiary/aromatic N) is 2. The van der Waals surface area contributed by atoms with Gasteiger partial charge in [0.1, 0.15) is 5.56 Å². The summed E-state index contributed by atoms with van der Waals surface area (Å²) in [6, 6.07) is 15.0. The normalized spacial score (nSPS) is 11.0. The van der Waals surface area contributed by atoms with Crippen LogP contribution >= 0.6 is 0 Å². The van der Waals surface area contributed by atoms with Crippen LogP contribution in [0, 0.1) is 10.1 Å². The molecule has 1 N–H and O–H groups in total. The molecule has 0 saturated carbocycles. The van der Waals surface area contributed by atoms with E-state index in [1.54, 1.807) is 0 Å². The number of hydrogen-bond acceptors (Lipinski definition) is 4. The van der Waals surface area contributed by atoms with Crippen molar-refractivity contribution >= 4 is 11.5 Å². The smallest absolute Gasteiger partial charge is 0.282 e. The first kappa shape index (κ1) is 25.1. The highest BCUT2D eigenvalue weighted by atomic mass is 16.6. The van der Waals surface area contributed by atoms with Gasteiger partial charge in [0, 0.05) is 24.1 Å². The summed E-state index contributed by atoms with van der Waals surface area (Å²) in [7, 11) is 0. The van der Waals surface area contributed by atoms with Gasteiger partial charge in [0.2, 0.25) is 0 Å². The molecular formula is C27H33N3O4. The highest BCUT2D eigenvalue weighted by molar-refractivity contribution is 6.01. The number of nitrogens with one attached hydrogen (secondary N) is 1. The minimum absolute atomic E-state index is 0.0618. The van der Waals surface area contributed by atoms with Crippen molar-refractivity contribution in [3.63, 3.8) is 0 Å². The van der Waals surface area contributed by atoms with Crippen molar-refractivity contribution in [1.82, 2.24) is 9.78 Å². The van der Waals surface area contributed by atoms with Crippen LogP contribution in [0.1, 0.15) is 81.5 Å². The summed E-state index contributed by atoms with van der Waals surface area (Å²) < 4.78 is 1.29. The lowest BCUT2D eigenvalue weighted by atomic mass is 10.0. The van der Waals surface area contributed by atoms with Gasteiger partial charge in [0.05, 0.1) is 16.3 Å². The van der Waals surface area contributed by atoms with Gasteiger partial charge in [-0.3, -0.25) is 24.8 Å². The van der Waals surface area contributed by atoms with E-state index in [9.17, 15) is 19.7 Å². The summed E-state index contributed by atoms with van der Waals surface area (Å²) in [6.45, 7) is 2.21. The Morgan fingerprint density at radius 1 is 0.882 bits per heavy atom. The predicted molar refractivity (Wildman–Crippen MR) is 135 cm³/mol. The van der Waals surface area contributed by atoms with Gasteiger partial charge in [-0.1, -0.05) is 88.6 Å². The van der Waals surface area contributed by atoms with Crippen LogP contribution in [-0.4, -0.2) is 20.5 Å². The van der Waals surface area contributed by atoms with E-state index >= 15 is 0 Å². The lowest BCUT2D eigenvalue weighted by Gasteiger charge is -2.03. The number of rotatable bonds is 14. The predicted octanol–water partition coefficient (Wildman–Crippen LogP) is 6.84. The number of carbonyl (C=O) groups is 1. The molecule has 0 amide bonds. The van der Waals surface area contributed by atoms with Crippen LogP contribution in [0.2, 0.25) is 0 Å². The molecule has 7 heteroatoms. The zero-order chi connectivity index (χ0) is 24.3. The van der Waals surface area contributed by atoms with Crippen LogP contribution in [0.4, 0.5) is 5.69 Å². The van der Waals surface area contributed by atoms with E-state index < -0.39 is 10.5 Å². The van der Waals surface area contributed by atoms with E-state index in [-0.39, 0.29) is 17.0 Å². The first-order valence-corrected chi connectivity index (χ1v) is 12.2. The zero-order valence-corrected chi connectivity index (χ0v) is 19.8. The molecule has 0 unspecified atom stereocenters. The van der Waals surface area contributed by atoms with Crippen molar-refractivity contribution in [3.8, 4) is 16.9 Å². The molecule has 34 heavy (non-hydrogen) atoms. The van der Waals surface area contributed by atoms with Crippen molar-refractivity contribution < 1.29 is 9.72 Å². The molecule has 1 aromatic heterocycles. The van der Waals surface area contributed by atoms with Gasteiger partial charge in [0.25, 0.3) is 11.2 Å². The van der Waals surface area contributed by atoms with Crippen LogP contribution in [0.15, 0.2) is 59.4 Å². The minimum Gasteiger partial charge on any atom is -0.294 e. The van der Waals surface area contributed by atoms with Gasteiger partial charge in [-0.05, 0) is 18.6 Å². The first-order valence-electron chi connectivity index (χ1n) is 12.2. The number of hydrogen-bond donors (Lipinski definition) is 1. The quantitative estimate of drug-likeness (QED) is 0.122. The van der Waals surface area contributed by atoms with Crippen molar-refractivity contribution in [3.05, 3.63) is 80.6 Å². The van der Waals surface area contributed by atoms with Gasteiger partial charge in [-0.25, -0.2) is 4.68 Å². The Hall–Kier alpha value is -3.48. The van der Waals surface area contributed by atoms with E-state index in [1.807, 2.05) is 30.3 Å². The van der Waals surface area contributed by atoms with E-state index in [0.717, 1.165) is 24.8 Å². The van der Waals surface area contributed by atoms with Crippen LogP contribution in [0.25, 0.3) is 16.9 Å². The molecule has 0 aliphatic rings. The average Bonchev–Trinajstić information content (AvgIpc) is 3.20. The number of H-pyrrole nitrogens is 1. The molecule has 2 aromatic carbocycles. The number of carbonyl (C=O) groups excluding carboxylic acids is 1. The van der Waals surface area contributed by atoms with Gasteiger partial charge in [0.15, 0.2) is 5.78 Å². The van der Waals surface area contributed by atoms with E-state index in [2.05, 4.69) is 12.0 Å². The van der Waals surface area contributed by atoms with Crippen molar-refractivity contribution in [2.75, 3.05) is 0 Å². The van der Waals surface area contributed by atoms with Gasteiger partial charge >= 0.3 is 0 Å². The number of aromatic nitrogens is 2. The molecule has 0 aliphatic carbocycles. The number of Topliss-reactive ketones (excluding diaryl/α,β-unsaturated/α-hetero) is 1. The Balaban J connectivity index is 1.73. The van der Waals surface area contributed by atoms with Crippen LogP contribution in [-0.2, 0) is 0 Å². The van der Waals surface area contributed by atoms with E-state index in [0.29, 0.717) is 17.8 Å². The van der Waals surface area contributed by atoms with Gasteiger partial charge < -0.3 is 0 Å². The first-order chi connectivity index (χ1) is 16.5. The maximum absolute atomic E-state index is 13.3. The molecule has 0 bridgehead atoms. The second-order valence-electron chi connectivity index (χ2n) is 8.64. The molecule has 0 saturated heterocycles. The molecule has 3 rings (SSSR count). The standard InChI is InChI=1S/C27H33N3O4/c1-2-3-4-5-6-7-8-9-13-16-24(31)25-26(21-14-11-10-12-15-21)28-29(27(25)32)22-17-19-23(20-18-22)30(33)34/h10-12,14-15,17-20,28H,2-9,13,16H2,1H3. The van der Waals surface area contributed by atoms with Crippen LogP contribution in [0.3, 0.4) is 0 Å². The van der Waals surface area contributed by atoms with Gasteiger partial charge in [-0.2, -0.15) is 0 Å². The summed E-state index contributed by atoms with van der Waals surface area (Å²) >= 11 is 0. The SMILES string of the molecule is CCCCCCCCCCCC(=O)c1c(-c2ccccc2)[nH]n(-c2ccc([N+](=O)[O-])cc2)c1=O. The third-order valence-corrected chi connectivity index (χ3v) is 6.06. The maximum atomic E-state index is 13.3. The fraction of sp³-hybridized carbons (Fsp3) is 0.407. The third kappa shape index (κ3) is 6.53. The van der Waals surface area contributed by atoms with Crippen LogP contribution < -0.4 is 5.56 Å². The summed E-state index contributed by atoms with van der Waals surface area (Å²) in [4.78, 5) is 36.9. The van der Waals surface area contributed by atoms with Crippen molar-refractivity contribution in [2.24, 2.45) is 0 Å². The second-order valence-corrected chi connectivity index (χ2v) is 8.64. The highest BCUT2D eigenvalue weighted by Crippen LogP contribution is 2.23. The molecule has 0 radical (unpaired) electrons. The zero-order valence-electron chi connectivity index (χ0n) is 19.8. The Labute approximate surface area is 200 Å². The summed E-state index contributed by atoms with van der Waals surface area (Å²) in [6.07, 6.45) is 10.7. The summed E-state index contributed by atoms with van der Waals surface area (Å²) in [5.74, 6) is -0.177. The molecule has 0 atom stereocenters. The Kier molecular flexibility index (Phi) is 9.38.